The Balaban J connectivity index is 2.11. The number of aryl methyl sites for hydroxylation is 1. The summed E-state index contributed by atoms with van der Waals surface area (Å²) in [5.74, 6) is -0.186. The van der Waals surface area contributed by atoms with E-state index in [0.29, 0.717) is 13.0 Å². The standard InChI is InChI=1S/C12H15FO2/c13-11-3-1-10-8-15-12(5-6-14)4-2-9(10)7-11/h1,3,7,12,14H,2,4-6,8H2/t12-/m1/s1. The smallest absolute Gasteiger partial charge is 0.123 e. The molecule has 2 nitrogen and oxygen atoms in total. The minimum atomic E-state index is -0.186. The first-order chi connectivity index (χ1) is 7.29. The first kappa shape index (κ1) is 10.6. The van der Waals surface area contributed by atoms with Crippen molar-refractivity contribution in [1.29, 1.82) is 0 Å². The van der Waals surface area contributed by atoms with Gasteiger partial charge >= 0.3 is 0 Å². The highest BCUT2D eigenvalue weighted by molar-refractivity contribution is 5.28. The Morgan fingerprint density at radius 1 is 1.40 bits per heavy atom. The summed E-state index contributed by atoms with van der Waals surface area (Å²) in [6.07, 6.45) is 2.45. The van der Waals surface area contributed by atoms with Crippen LogP contribution in [-0.2, 0) is 17.8 Å². The fourth-order valence-electron chi connectivity index (χ4n) is 1.95. The number of rotatable bonds is 2. The molecule has 1 aliphatic heterocycles. The van der Waals surface area contributed by atoms with E-state index in [-0.39, 0.29) is 18.5 Å². The van der Waals surface area contributed by atoms with Gasteiger partial charge in [0.15, 0.2) is 0 Å². The zero-order valence-electron chi connectivity index (χ0n) is 8.58. The average molecular weight is 210 g/mol. The number of aliphatic hydroxyl groups is 1. The van der Waals surface area contributed by atoms with E-state index < -0.39 is 0 Å². The Bertz CT molecular complexity index is 338. The molecule has 3 heteroatoms. The van der Waals surface area contributed by atoms with Crippen LogP contribution in [-0.4, -0.2) is 17.8 Å². The Hall–Kier alpha value is -0.930. The molecule has 2 rings (SSSR count). The predicted octanol–water partition coefficient (Wildman–Crippen LogP) is 2.04. The van der Waals surface area contributed by atoms with Crippen molar-refractivity contribution in [3.8, 4) is 0 Å². The zero-order chi connectivity index (χ0) is 10.7. The monoisotopic (exact) mass is 210 g/mol. The molecule has 0 amide bonds. The SMILES string of the molecule is OCC[C@H]1CCc2cc(F)ccc2CO1. The second-order valence-corrected chi connectivity index (χ2v) is 3.90. The van der Waals surface area contributed by atoms with E-state index in [0.717, 1.165) is 24.0 Å². The third-order valence-corrected chi connectivity index (χ3v) is 2.83. The van der Waals surface area contributed by atoms with Crippen LogP contribution < -0.4 is 0 Å². The number of fused-ring (bicyclic) bond motifs is 1. The highest BCUT2D eigenvalue weighted by Gasteiger charge is 2.16. The van der Waals surface area contributed by atoms with E-state index >= 15 is 0 Å². The van der Waals surface area contributed by atoms with E-state index in [1.807, 2.05) is 0 Å². The van der Waals surface area contributed by atoms with E-state index in [2.05, 4.69) is 0 Å². The van der Waals surface area contributed by atoms with Crippen LogP contribution in [0.25, 0.3) is 0 Å². The van der Waals surface area contributed by atoms with Crippen molar-refractivity contribution in [3.63, 3.8) is 0 Å². The van der Waals surface area contributed by atoms with E-state index in [9.17, 15) is 4.39 Å². The van der Waals surface area contributed by atoms with Crippen LogP contribution in [0.3, 0.4) is 0 Å². The topological polar surface area (TPSA) is 29.5 Å². The molecule has 1 aromatic rings. The van der Waals surface area contributed by atoms with Crippen LogP contribution in [0.5, 0.6) is 0 Å². The van der Waals surface area contributed by atoms with Gasteiger partial charge in [0.1, 0.15) is 5.82 Å². The van der Waals surface area contributed by atoms with Gasteiger partial charge in [0.25, 0.3) is 0 Å². The summed E-state index contributed by atoms with van der Waals surface area (Å²) >= 11 is 0. The number of halogens is 1. The fraction of sp³-hybridized carbons (Fsp3) is 0.500. The Labute approximate surface area is 88.7 Å². The Morgan fingerprint density at radius 2 is 2.27 bits per heavy atom. The highest BCUT2D eigenvalue weighted by Crippen LogP contribution is 2.22. The lowest BCUT2D eigenvalue weighted by atomic mass is 10.0. The summed E-state index contributed by atoms with van der Waals surface area (Å²) in [6, 6.07) is 4.83. The molecule has 0 aromatic heterocycles. The van der Waals surface area contributed by atoms with Crippen molar-refractivity contribution in [3.05, 3.63) is 35.1 Å². The van der Waals surface area contributed by atoms with Gasteiger partial charge in [-0.15, -0.1) is 0 Å². The molecule has 0 unspecified atom stereocenters. The van der Waals surface area contributed by atoms with Gasteiger partial charge < -0.3 is 9.84 Å². The van der Waals surface area contributed by atoms with Gasteiger partial charge in [0.2, 0.25) is 0 Å². The van der Waals surface area contributed by atoms with Crippen LogP contribution in [0.1, 0.15) is 24.0 Å². The number of hydrogen-bond acceptors (Lipinski definition) is 2. The maximum absolute atomic E-state index is 13.0. The van der Waals surface area contributed by atoms with Crippen molar-refractivity contribution in [1.82, 2.24) is 0 Å². The summed E-state index contributed by atoms with van der Waals surface area (Å²) in [5, 5.41) is 8.83. The lowest BCUT2D eigenvalue weighted by Crippen LogP contribution is -2.12. The molecular formula is C12H15FO2. The molecule has 0 bridgehead atoms. The van der Waals surface area contributed by atoms with Gasteiger partial charge in [-0.05, 0) is 42.5 Å². The van der Waals surface area contributed by atoms with Crippen molar-refractivity contribution in [2.24, 2.45) is 0 Å². The molecule has 0 saturated carbocycles. The molecule has 1 atom stereocenters. The van der Waals surface area contributed by atoms with Gasteiger partial charge in [0, 0.05) is 6.61 Å². The van der Waals surface area contributed by atoms with Crippen molar-refractivity contribution >= 4 is 0 Å². The van der Waals surface area contributed by atoms with Gasteiger partial charge in [0.05, 0.1) is 12.7 Å². The molecule has 1 aromatic carbocycles. The van der Waals surface area contributed by atoms with E-state index in [4.69, 9.17) is 9.84 Å². The molecule has 0 aliphatic carbocycles. The minimum absolute atomic E-state index is 0.102. The summed E-state index contributed by atoms with van der Waals surface area (Å²) in [7, 11) is 0. The first-order valence-electron chi connectivity index (χ1n) is 5.29. The normalized spacial score (nSPS) is 20.8. The summed E-state index contributed by atoms with van der Waals surface area (Å²) in [6.45, 7) is 0.676. The number of ether oxygens (including phenoxy) is 1. The van der Waals surface area contributed by atoms with Gasteiger partial charge in [-0.2, -0.15) is 0 Å². The molecule has 1 aliphatic rings. The molecule has 1 N–H and O–H groups in total. The summed E-state index contributed by atoms with van der Waals surface area (Å²) < 4.78 is 18.6. The number of benzene rings is 1. The van der Waals surface area contributed by atoms with Crippen LogP contribution in [0.4, 0.5) is 4.39 Å². The molecule has 0 saturated heterocycles. The van der Waals surface area contributed by atoms with Crippen molar-refractivity contribution < 1.29 is 14.2 Å². The maximum Gasteiger partial charge on any atom is 0.123 e. The summed E-state index contributed by atoms with van der Waals surface area (Å²) in [4.78, 5) is 0. The lowest BCUT2D eigenvalue weighted by molar-refractivity contribution is 0.0243. The molecule has 15 heavy (non-hydrogen) atoms. The zero-order valence-corrected chi connectivity index (χ0v) is 8.58. The lowest BCUT2D eigenvalue weighted by Gasteiger charge is -2.12. The molecule has 1 heterocycles. The molecule has 0 spiro atoms. The highest BCUT2D eigenvalue weighted by atomic mass is 19.1. The largest absolute Gasteiger partial charge is 0.396 e. The fourth-order valence-corrected chi connectivity index (χ4v) is 1.95. The van der Waals surface area contributed by atoms with Crippen LogP contribution in [0.15, 0.2) is 18.2 Å². The maximum atomic E-state index is 13.0. The molecule has 0 fully saturated rings. The van der Waals surface area contributed by atoms with E-state index in [1.54, 1.807) is 12.1 Å². The Morgan fingerprint density at radius 3 is 3.07 bits per heavy atom. The third-order valence-electron chi connectivity index (χ3n) is 2.83. The van der Waals surface area contributed by atoms with Gasteiger partial charge in [-0.25, -0.2) is 4.39 Å². The van der Waals surface area contributed by atoms with Crippen molar-refractivity contribution in [2.45, 2.75) is 32.0 Å². The Kier molecular flexibility index (Phi) is 3.34. The van der Waals surface area contributed by atoms with E-state index in [1.165, 1.54) is 6.07 Å². The van der Waals surface area contributed by atoms with Crippen molar-refractivity contribution in [2.75, 3.05) is 6.61 Å². The quantitative estimate of drug-likeness (QED) is 0.809. The predicted molar refractivity (Wildman–Crippen MR) is 55.0 cm³/mol. The van der Waals surface area contributed by atoms with Gasteiger partial charge in [-0.1, -0.05) is 6.07 Å². The molecule has 0 radical (unpaired) electrons. The molecular weight excluding hydrogens is 195 g/mol. The molecule has 82 valence electrons. The van der Waals surface area contributed by atoms with Crippen LogP contribution >= 0.6 is 0 Å². The number of aliphatic hydroxyl groups excluding tert-OH is 1. The van der Waals surface area contributed by atoms with Crippen LogP contribution in [0, 0.1) is 5.82 Å². The first-order valence-corrected chi connectivity index (χ1v) is 5.29. The minimum Gasteiger partial charge on any atom is -0.396 e. The summed E-state index contributed by atoms with van der Waals surface area (Å²) in [5.41, 5.74) is 2.10. The van der Waals surface area contributed by atoms with Gasteiger partial charge in [-0.3, -0.25) is 0 Å². The van der Waals surface area contributed by atoms with Crippen LogP contribution in [0.2, 0.25) is 0 Å². The second kappa shape index (κ2) is 4.73. The average Bonchev–Trinajstić information content (AvgIpc) is 2.42. The third kappa shape index (κ3) is 2.55. The second-order valence-electron chi connectivity index (χ2n) is 3.90. The number of hydrogen-bond donors (Lipinski definition) is 1.